The predicted molar refractivity (Wildman–Crippen MR) is 71.1 cm³/mol. The fraction of sp³-hybridized carbons (Fsp3) is 0.462. The minimum absolute atomic E-state index is 0.0725. The number of hydrogen-bond donors (Lipinski definition) is 2. The molecule has 0 amide bonds. The molecule has 0 bridgehead atoms. The Morgan fingerprint density at radius 2 is 2.05 bits per heavy atom. The van der Waals surface area contributed by atoms with Crippen LogP contribution in [0.4, 0.5) is 0 Å². The maximum atomic E-state index is 11.9. The van der Waals surface area contributed by atoms with Gasteiger partial charge in [-0.25, -0.2) is 8.42 Å². The number of carboxylic acids is 1. The zero-order chi connectivity index (χ0) is 15.4. The van der Waals surface area contributed by atoms with Crippen LogP contribution in [0.1, 0.15) is 11.5 Å². The molecule has 3 atom stereocenters. The minimum atomic E-state index is -3.62. The van der Waals surface area contributed by atoms with Crippen LogP contribution >= 0.6 is 0 Å². The standard InChI is InChI=1S/C13H14O7S/c1-21(17,18)11-10(13(11,5-14)12(15)16)7-2-3-8-9(4-7)20-6-19-8/h2-4,10-11,14H,5-6H2,1H3,(H,15,16)/t10-,11+,13+/m0/s1. The molecule has 0 spiro atoms. The van der Waals surface area contributed by atoms with Crippen molar-refractivity contribution >= 4 is 15.8 Å². The van der Waals surface area contributed by atoms with Gasteiger partial charge in [0, 0.05) is 12.2 Å². The van der Waals surface area contributed by atoms with E-state index in [1.165, 1.54) is 0 Å². The molecule has 0 saturated heterocycles. The highest BCUT2D eigenvalue weighted by Gasteiger charge is 2.74. The second-order valence-corrected chi connectivity index (χ2v) is 7.51. The van der Waals surface area contributed by atoms with E-state index in [-0.39, 0.29) is 6.79 Å². The van der Waals surface area contributed by atoms with Gasteiger partial charge in [-0.1, -0.05) is 6.07 Å². The van der Waals surface area contributed by atoms with Crippen LogP contribution in [0.3, 0.4) is 0 Å². The molecule has 7 nitrogen and oxygen atoms in total. The normalized spacial score (nSPS) is 30.2. The van der Waals surface area contributed by atoms with E-state index in [1.807, 2.05) is 0 Å². The predicted octanol–water partition coefficient (Wildman–Crippen LogP) is -0.0110. The fourth-order valence-electron chi connectivity index (χ4n) is 3.12. The first-order valence-electron chi connectivity index (χ1n) is 6.25. The number of aliphatic carboxylic acids is 1. The lowest BCUT2D eigenvalue weighted by atomic mass is 10.00. The van der Waals surface area contributed by atoms with Crippen molar-refractivity contribution in [1.82, 2.24) is 0 Å². The highest BCUT2D eigenvalue weighted by Crippen LogP contribution is 2.63. The summed E-state index contributed by atoms with van der Waals surface area (Å²) in [6.45, 7) is -0.664. The van der Waals surface area contributed by atoms with E-state index in [0.29, 0.717) is 17.1 Å². The van der Waals surface area contributed by atoms with Gasteiger partial charge < -0.3 is 19.7 Å². The number of fused-ring (bicyclic) bond motifs is 1. The number of sulfone groups is 1. The summed E-state index contributed by atoms with van der Waals surface area (Å²) in [6, 6.07) is 4.79. The van der Waals surface area contributed by atoms with Gasteiger partial charge >= 0.3 is 5.97 Å². The van der Waals surface area contributed by atoms with Crippen molar-refractivity contribution in [2.24, 2.45) is 5.41 Å². The number of aliphatic hydroxyl groups excluding tert-OH is 1. The summed E-state index contributed by atoms with van der Waals surface area (Å²) in [5.41, 5.74) is -1.19. The van der Waals surface area contributed by atoms with E-state index in [9.17, 15) is 23.4 Å². The van der Waals surface area contributed by atoms with Gasteiger partial charge in [0.25, 0.3) is 0 Å². The third-order valence-electron chi connectivity index (χ3n) is 4.13. The first-order chi connectivity index (χ1) is 9.82. The fourth-order valence-corrected chi connectivity index (χ4v) is 5.03. The number of carboxylic acid groups (broad SMARTS) is 1. The van der Waals surface area contributed by atoms with E-state index in [2.05, 4.69) is 0 Å². The van der Waals surface area contributed by atoms with Crippen LogP contribution in [0.2, 0.25) is 0 Å². The number of ether oxygens (including phenoxy) is 2. The summed E-state index contributed by atoms with van der Waals surface area (Å²) in [4.78, 5) is 11.5. The zero-order valence-corrected chi connectivity index (χ0v) is 12.0. The average Bonchev–Trinajstić information content (AvgIpc) is 2.92. The summed E-state index contributed by atoms with van der Waals surface area (Å²) < 4.78 is 34.1. The molecule has 0 aromatic heterocycles. The molecule has 1 heterocycles. The lowest BCUT2D eigenvalue weighted by Gasteiger charge is -2.08. The Kier molecular flexibility index (Phi) is 2.93. The zero-order valence-electron chi connectivity index (χ0n) is 11.1. The largest absolute Gasteiger partial charge is 0.481 e. The smallest absolute Gasteiger partial charge is 0.314 e. The Bertz CT molecular complexity index is 711. The van der Waals surface area contributed by atoms with Gasteiger partial charge in [-0.15, -0.1) is 0 Å². The van der Waals surface area contributed by atoms with Gasteiger partial charge in [0.05, 0.1) is 11.9 Å². The maximum Gasteiger partial charge on any atom is 0.314 e. The summed E-state index contributed by atoms with van der Waals surface area (Å²) in [6.07, 6.45) is 0.984. The van der Waals surface area contributed by atoms with Crippen LogP contribution < -0.4 is 9.47 Å². The Morgan fingerprint density at radius 3 is 2.57 bits per heavy atom. The van der Waals surface area contributed by atoms with Crippen LogP contribution in [0, 0.1) is 5.41 Å². The Balaban J connectivity index is 2.06. The molecule has 8 heteroatoms. The van der Waals surface area contributed by atoms with Crippen LogP contribution in [-0.2, 0) is 14.6 Å². The van der Waals surface area contributed by atoms with Crippen molar-refractivity contribution < 1.29 is 32.9 Å². The van der Waals surface area contributed by atoms with E-state index in [1.54, 1.807) is 18.2 Å². The van der Waals surface area contributed by atoms with Gasteiger partial charge in [-0.05, 0) is 17.7 Å². The van der Waals surface area contributed by atoms with Crippen LogP contribution in [0.15, 0.2) is 18.2 Å². The minimum Gasteiger partial charge on any atom is -0.481 e. The molecule has 2 aliphatic rings. The molecular formula is C13H14O7S. The number of benzene rings is 1. The molecule has 21 heavy (non-hydrogen) atoms. The van der Waals surface area contributed by atoms with Crippen molar-refractivity contribution in [3.05, 3.63) is 23.8 Å². The number of rotatable bonds is 4. The summed E-state index contributed by atoms with van der Waals surface area (Å²) in [5, 5.41) is 17.7. The first kappa shape index (κ1) is 14.2. The quantitative estimate of drug-likeness (QED) is 0.804. The SMILES string of the molecule is CS(=O)(=O)[C@@H]1[C@H](c2ccc3c(c2)OCO3)[C@@]1(CO)C(=O)O. The second kappa shape index (κ2) is 4.35. The van der Waals surface area contributed by atoms with Crippen LogP contribution in [-0.4, -0.2) is 49.5 Å². The topological polar surface area (TPSA) is 110 Å². The molecule has 0 unspecified atom stereocenters. The molecule has 1 saturated carbocycles. The lowest BCUT2D eigenvalue weighted by Crippen LogP contribution is -2.27. The molecule has 1 aromatic carbocycles. The molecule has 1 aromatic rings. The Morgan fingerprint density at radius 1 is 1.38 bits per heavy atom. The first-order valence-corrected chi connectivity index (χ1v) is 8.20. The summed E-state index contributed by atoms with van der Waals surface area (Å²) in [7, 11) is -3.62. The highest BCUT2D eigenvalue weighted by molar-refractivity contribution is 7.91. The Labute approximate surface area is 121 Å². The molecule has 1 aliphatic carbocycles. The average molecular weight is 314 g/mol. The van der Waals surface area contributed by atoms with Gasteiger partial charge in [-0.3, -0.25) is 4.79 Å². The van der Waals surface area contributed by atoms with Crippen molar-refractivity contribution in [1.29, 1.82) is 0 Å². The molecule has 2 N–H and O–H groups in total. The van der Waals surface area contributed by atoms with Crippen molar-refractivity contribution in [3.63, 3.8) is 0 Å². The van der Waals surface area contributed by atoms with Crippen LogP contribution in [0.5, 0.6) is 11.5 Å². The molecule has 3 rings (SSSR count). The van der Waals surface area contributed by atoms with Gasteiger partial charge in [-0.2, -0.15) is 0 Å². The molecule has 1 aliphatic heterocycles. The van der Waals surface area contributed by atoms with Gasteiger partial charge in [0.15, 0.2) is 21.3 Å². The van der Waals surface area contributed by atoms with E-state index in [0.717, 1.165) is 6.26 Å². The Hall–Kier alpha value is -1.80. The summed E-state index contributed by atoms with van der Waals surface area (Å²) >= 11 is 0. The number of carbonyl (C=O) groups is 1. The van der Waals surface area contributed by atoms with Gasteiger partial charge in [0.1, 0.15) is 5.41 Å². The van der Waals surface area contributed by atoms with E-state index in [4.69, 9.17) is 9.47 Å². The van der Waals surface area contributed by atoms with E-state index < -0.39 is 39.0 Å². The van der Waals surface area contributed by atoms with Gasteiger partial charge in [0.2, 0.25) is 6.79 Å². The van der Waals surface area contributed by atoms with Crippen LogP contribution in [0.25, 0.3) is 0 Å². The summed E-state index contributed by atoms with van der Waals surface area (Å²) in [5.74, 6) is -1.14. The second-order valence-electron chi connectivity index (χ2n) is 5.34. The monoisotopic (exact) mass is 314 g/mol. The molecule has 0 radical (unpaired) electrons. The highest BCUT2D eigenvalue weighted by atomic mass is 32.2. The third-order valence-corrected chi connectivity index (χ3v) is 5.75. The van der Waals surface area contributed by atoms with E-state index >= 15 is 0 Å². The van der Waals surface area contributed by atoms with Crippen molar-refractivity contribution in [2.45, 2.75) is 11.2 Å². The van der Waals surface area contributed by atoms with Crippen molar-refractivity contribution in [2.75, 3.05) is 19.7 Å². The molecule has 114 valence electrons. The molecule has 1 fully saturated rings. The lowest BCUT2D eigenvalue weighted by molar-refractivity contribution is -0.145. The maximum absolute atomic E-state index is 11.9. The third kappa shape index (κ3) is 1.90. The van der Waals surface area contributed by atoms with Crippen molar-refractivity contribution in [3.8, 4) is 11.5 Å². The molecular weight excluding hydrogens is 300 g/mol. The number of hydrogen-bond acceptors (Lipinski definition) is 6. The number of aliphatic hydroxyl groups is 1.